The molecule has 4 aromatic rings. The summed E-state index contributed by atoms with van der Waals surface area (Å²) in [5, 5.41) is 5.18. The molecule has 0 saturated carbocycles. The van der Waals surface area contributed by atoms with Crippen LogP contribution in [0.4, 0.5) is 8.78 Å². The van der Waals surface area contributed by atoms with Crippen LogP contribution in [0.3, 0.4) is 0 Å². The zero-order valence-corrected chi connectivity index (χ0v) is 19.6. The van der Waals surface area contributed by atoms with Crippen molar-refractivity contribution in [3.63, 3.8) is 0 Å². The van der Waals surface area contributed by atoms with E-state index >= 15 is 0 Å². The van der Waals surface area contributed by atoms with Gasteiger partial charge >= 0.3 is 0 Å². The van der Waals surface area contributed by atoms with Crippen molar-refractivity contribution in [2.45, 2.75) is 0 Å². The first-order valence-corrected chi connectivity index (χ1v) is 12.1. The second kappa shape index (κ2) is 8.57. The number of carbonyl (C=O) groups is 1. The molecule has 0 unspecified atom stereocenters. The smallest absolute Gasteiger partial charge is 0.267 e. The van der Waals surface area contributed by atoms with Crippen LogP contribution < -0.4 is 4.72 Å². The molecule has 6 nitrogen and oxygen atoms in total. The van der Waals surface area contributed by atoms with Gasteiger partial charge in [0.1, 0.15) is 17.3 Å². The number of sulfonamides is 1. The normalized spacial score (nSPS) is 11.7. The topological polar surface area (TPSA) is 81.1 Å². The Hall–Kier alpha value is -2.72. The number of hydrogen-bond donors (Lipinski definition) is 1. The van der Waals surface area contributed by atoms with E-state index in [1.807, 2.05) is 0 Å². The Bertz CT molecular complexity index is 1540. The van der Waals surface area contributed by atoms with Crippen molar-refractivity contribution in [3.8, 4) is 16.9 Å². The lowest BCUT2D eigenvalue weighted by molar-refractivity contribution is 0.0978. The third-order valence-electron chi connectivity index (χ3n) is 4.63. The fourth-order valence-electron chi connectivity index (χ4n) is 3.28. The van der Waals surface area contributed by atoms with Crippen LogP contribution in [0.2, 0.25) is 15.1 Å². The second-order valence-corrected chi connectivity index (χ2v) is 10.0. The minimum atomic E-state index is -3.92. The van der Waals surface area contributed by atoms with E-state index in [0.717, 1.165) is 18.4 Å². The van der Waals surface area contributed by atoms with Gasteiger partial charge in [0.05, 0.1) is 38.6 Å². The molecule has 170 valence electrons. The van der Waals surface area contributed by atoms with Crippen LogP contribution in [-0.2, 0) is 10.0 Å². The predicted octanol–water partition coefficient (Wildman–Crippen LogP) is 5.62. The van der Waals surface area contributed by atoms with E-state index in [4.69, 9.17) is 34.8 Å². The molecule has 33 heavy (non-hydrogen) atoms. The standard InChI is InChI=1S/C21H12Cl3F2N3O3S/c1-33(31,32)28-21(30)11-8-14(24)18(9-16(11)26)29-17-6-5-10(22)7-12(17)20(27-29)19-13(23)3-2-4-15(19)25/h2-9H,1H3,(H,28,30). The summed E-state index contributed by atoms with van der Waals surface area (Å²) in [6.45, 7) is 0. The summed E-state index contributed by atoms with van der Waals surface area (Å²) >= 11 is 18.7. The molecular formula is C21H12Cl3F2N3O3S. The number of nitrogens with one attached hydrogen (secondary N) is 1. The van der Waals surface area contributed by atoms with Crippen molar-refractivity contribution in [3.05, 3.63) is 80.8 Å². The zero-order valence-electron chi connectivity index (χ0n) is 16.5. The molecule has 4 rings (SSSR count). The third kappa shape index (κ3) is 4.54. The Morgan fingerprint density at radius 3 is 2.39 bits per heavy atom. The fraction of sp³-hybridized carbons (Fsp3) is 0.0476. The highest BCUT2D eigenvalue weighted by atomic mass is 35.5. The van der Waals surface area contributed by atoms with Crippen LogP contribution in [0.5, 0.6) is 0 Å². The van der Waals surface area contributed by atoms with Gasteiger partial charge in [-0.25, -0.2) is 26.6 Å². The van der Waals surface area contributed by atoms with Gasteiger partial charge in [-0.3, -0.25) is 4.79 Å². The number of amides is 1. The maximum atomic E-state index is 14.8. The Labute approximate surface area is 201 Å². The lowest BCUT2D eigenvalue weighted by Gasteiger charge is -2.10. The first-order valence-electron chi connectivity index (χ1n) is 9.10. The molecule has 0 saturated heterocycles. The van der Waals surface area contributed by atoms with E-state index in [2.05, 4.69) is 5.10 Å². The summed E-state index contributed by atoms with van der Waals surface area (Å²) in [6, 6.07) is 10.8. The molecule has 1 amide bonds. The van der Waals surface area contributed by atoms with Crippen LogP contribution in [0, 0.1) is 11.6 Å². The number of carbonyl (C=O) groups excluding carboxylic acids is 1. The summed E-state index contributed by atoms with van der Waals surface area (Å²) in [7, 11) is -3.92. The number of rotatable bonds is 4. The molecule has 12 heteroatoms. The van der Waals surface area contributed by atoms with E-state index in [1.165, 1.54) is 22.9 Å². The molecule has 0 fully saturated rings. The third-order valence-corrected chi connectivity index (χ3v) is 6.04. The predicted molar refractivity (Wildman–Crippen MR) is 124 cm³/mol. The highest BCUT2D eigenvalue weighted by molar-refractivity contribution is 7.89. The first-order chi connectivity index (χ1) is 15.5. The van der Waals surface area contributed by atoms with Gasteiger partial charge in [0.2, 0.25) is 10.0 Å². The van der Waals surface area contributed by atoms with Gasteiger partial charge in [0.25, 0.3) is 5.91 Å². The van der Waals surface area contributed by atoms with Gasteiger partial charge in [-0.1, -0.05) is 40.9 Å². The van der Waals surface area contributed by atoms with Gasteiger partial charge in [0.15, 0.2) is 0 Å². The van der Waals surface area contributed by atoms with E-state index in [0.29, 0.717) is 15.9 Å². The molecule has 0 aliphatic rings. The monoisotopic (exact) mass is 529 g/mol. The number of hydrogen-bond acceptors (Lipinski definition) is 4. The molecule has 1 N–H and O–H groups in total. The molecule has 0 spiro atoms. The molecule has 0 bridgehead atoms. The number of fused-ring (bicyclic) bond motifs is 1. The molecule has 3 aromatic carbocycles. The Kier molecular flexibility index (Phi) is 6.09. The van der Waals surface area contributed by atoms with Crippen molar-refractivity contribution < 1.29 is 22.0 Å². The quantitative estimate of drug-likeness (QED) is 0.371. The zero-order chi connectivity index (χ0) is 24.1. The number of halogens is 5. The molecule has 0 aliphatic heterocycles. The van der Waals surface area contributed by atoms with Gasteiger partial charge in [0, 0.05) is 16.5 Å². The average Bonchev–Trinajstić information content (AvgIpc) is 3.06. The summed E-state index contributed by atoms with van der Waals surface area (Å²) in [4.78, 5) is 12.1. The first kappa shape index (κ1) is 23.4. The van der Waals surface area contributed by atoms with Gasteiger partial charge < -0.3 is 0 Å². The molecule has 1 aromatic heterocycles. The molecule has 0 atom stereocenters. The van der Waals surface area contributed by atoms with Crippen LogP contribution in [-0.4, -0.2) is 30.4 Å². The van der Waals surface area contributed by atoms with E-state index in [-0.39, 0.29) is 27.0 Å². The van der Waals surface area contributed by atoms with Crippen molar-refractivity contribution >= 4 is 61.6 Å². The number of nitrogens with zero attached hydrogens (tertiary/aromatic N) is 2. The van der Waals surface area contributed by atoms with Crippen molar-refractivity contribution in [1.82, 2.24) is 14.5 Å². The molecule has 0 aliphatic carbocycles. The van der Waals surface area contributed by atoms with Crippen LogP contribution >= 0.6 is 34.8 Å². The maximum absolute atomic E-state index is 14.8. The molecular weight excluding hydrogens is 519 g/mol. The molecule has 0 radical (unpaired) electrons. The minimum Gasteiger partial charge on any atom is -0.268 e. The summed E-state index contributed by atoms with van der Waals surface area (Å²) in [5.74, 6) is -2.85. The van der Waals surface area contributed by atoms with Gasteiger partial charge in [-0.05, 0) is 36.4 Å². The number of benzene rings is 3. The summed E-state index contributed by atoms with van der Waals surface area (Å²) in [6.07, 6.45) is 0.759. The van der Waals surface area contributed by atoms with Gasteiger partial charge in [-0.15, -0.1) is 0 Å². The molecule has 1 heterocycles. The fourth-order valence-corrected chi connectivity index (χ4v) is 4.39. The van der Waals surface area contributed by atoms with E-state index < -0.39 is 33.1 Å². The lowest BCUT2D eigenvalue weighted by atomic mass is 10.1. The van der Waals surface area contributed by atoms with Crippen LogP contribution in [0.1, 0.15) is 10.4 Å². The summed E-state index contributed by atoms with van der Waals surface area (Å²) < 4.78 is 55.0. The largest absolute Gasteiger partial charge is 0.268 e. The van der Waals surface area contributed by atoms with Crippen LogP contribution in [0.25, 0.3) is 27.8 Å². The van der Waals surface area contributed by atoms with Crippen molar-refractivity contribution in [2.24, 2.45) is 0 Å². The van der Waals surface area contributed by atoms with E-state index in [1.54, 1.807) is 22.9 Å². The number of aromatic nitrogens is 2. The highest BCUT2D eigenvalue weighted by Gasteiger charge is 2.23. The Balaban J connectivity index is 1.95. The Morgan fingerprint density at radius 2 is 1.73 bits per heavy atom. The minimum absolute atomic E-state index is 0.0194. The SMILES string of the molecule is CS(=O)(=O)NC(=O)c1cc(Cl)c(-n2nc(-c3c(F)cccc3Cl)c3cc(Cl)ccc32)cc1F. The Morgan fingerprint density at radius 1 is 1.00 bits per heavy atom. The van der Waals surface area contributed by atoms with Gasteiger partial charge in [-0.2, -0.15) is 5.10 Å². The van der Waals surface area contributed by atoms with Crippen molar-refractivity contribution in [2.75, 3.05) is 6.26 Å². The highest BCUT2D eigenvalue weighted by Crippen LogP contribution is 2.38. The lowest BCUT2D eigenvalue weighted by Crippen LogP contribution is -2.30. The van der Waals surface area contributed by atoms with E-state index in [9.17, 15) is 22.0 Å². The van der Waals surface area contributed by atoms with Crippen LogP contribution in [0.15, 0.2) is 48.5 Å². The maximum Gasteiger partial charge on any atom is 0.267 e. The second-order valence-electron chi connectivity index (χ2n) is 7.01. The average molecular weight is 531 g/mol. The van der Waals surface area contributed by atoms with Crippen molar-refractivity contribution in [1.29, 1.82) is 0 Å². The summed E-state index contributed by atoms with van der Waals surface area (Å²) in [5.41, 5.74) is 0.0161.